The lowest BCUT2D eigenvalue weighted by atomic mass is 10.0. The van der Waals surface area contributed by atoms with Crippen molar-refractivity contribution in [2.45, 2.75) is 46.3 Å². The Labute approximate surface area is 160 Å². The molecule has 0 spiro atoms. The first-order valence-corrected chi connectivity index (χ1v) is 9.32. The highest BCUT2D eigenvalue weighted by Gasteiger charge is 2.56. The Morgan fingerprint density at radius 2 is 1.81 bits per heavy atom. The average molecular weight is 366 g/mol. The zero-order valence-electron chi connectivity index (χ0n) is 16.0. The van der Waals surface area contributed by atoms with Crippen LogP contribution in [0, 0.1) is 12.3 Å². The smallest absolute Gasteiger partial charge is 0.240 e. The van der Waals surface area contributed by atoms with E-state index in [1.807, 2.05) is 63.2 Å². The summed E-state index contributed by atoms with van der Waals surface area (Å²) in [6.45, 7) is 6.29. The fourth-order valence-corrected chi connectivity index (χ4v) is 3.02. The second kappa shape index (κ2) is 7.82. The first kappa shape index (κ1) is 19.0. The van der Waals surface area contributed by atoms with E-state index >= 15 is 0 Å². The molecule has 0 heterocycles. The standard InChI is InChI=1S/C22H26N2O3/c1-15(2)27-19-10-5-4-9-18(19)24-21(26)22(11-12-22)20(25)23-14-17-8-6-7-16(3)13-17/h4-10,13,15H,11-12,14H2,1-3H3,(H,23,25)(H,24,26). The van der Waals surface area contributed by atoms with E-state index in [1.54, 1.807) is 6.07 Å². The molecular formula is C22H26N2O3. The van der Waals surface area contributed by atoms with Crippen LogP contribution >= 0.6 is 0 Å². The highest BCUT2D eigenvalue weighted by atomic mass is 16.5. The number of carbonyl (C=O) groups is 2. The molecule has 2 aromatic rings. The van der Waals surface area contributed by atoms with Crippen LogP contribution in [0.4, 0.5) is 5.69 Å². The van der Waals surface area contributed by atoms with Crippen molar-refractivity contribution in [2.24, 2.45) is 5.41 Å². The van der Waals surface area contributed by atoms with Gasteiger partial charge >= 0.3 is 0 Å². The summed E-state index contributed by atoms with van der Waals surface area (Å²) in [5.41, 5.74) is 1.78. The molecule has 3 rings (SSSR count). The van der Waals surface area contributed by atoms with Crippen LogP contribution in [0.3, 0.4) is 0 Å². The molecule has 0 bridgehead atoms. The maximum Gasteiger partial charge on any atom is 0.240 e. The van der Waals surface area contributed by atoms with Gasteiger partial charge in [-0.2, -0.15) is 0 Å². The Balaban J connectivity index is 1.65. The molecule has 1 saturated carbocycles. The van der Waals surface area contributed by atoms with Gasteiger partial charge in [0.2, 0.25) is 11.8 Å². The average Bonchev–Trinajstić information content (AvgIpc) is 3.43. The highest BCUT2D eigenvalue weighted by molar-refractivity contribution is 6.13. The fourth-order valence-electron chi connectivity index (χ4n) is 3.02. The topological polar surface area (TPSA) is 67.4 Å². The third-order valence-corrected chi connectivity index (χ3v) is 4.65. The van der Waals surface area contributed by atoms with Gasteiger partial charge in [-0.3, -0.25) is 9.59 Å². The number of hydrogen-bond acceptors (Lipinski definition) is 3. The number of aryl methyl sites for hydroxylation is 1. The molecule has 0 saturated heterocycles. The van der Waals surface area contributed by atoms with Gasteiger partial charge in [0.05, 0.1) is 11.8 Å². The molecule has 1 aliphatic rings. The van der Waals surface area contributed by atoms with Gasteiger partial charge in [0.25, 0.3) is 0 Å². The number of ether oxygens (including phenoxy) is 1. The van der Waals surface area contributed by atoms with E-state index in [0.717, 1.165) is 11.1 Å². The third-order valence-electron chi connectivity index (χ3n) is 4.65. The van der Waals surface area contributed by atoms with Gasteiger partial charge in [0.1, 0.15) is 11.2 Å². The van der Waals surface area contributed by atoms with E-state index < -0.39 is 5.41 Å². The first-order chi connectivity index (χ1) is 12.9. The van der Waals surface area contributed by atoms with Gasteiger partial charge < -0.3 is 15.4 Å². The van der Waals surface area contributed by atoms with Crippen LogP contribution in [0.2, 0.25) is 0 Å². The van der Waals surface area contributed by atoms with Crippen LogP contribution in [0.15, 0.2) is 48.5 Å². The van der Waals surface area contributed by atoms with Crippen LogP contribution in [0.25, 0.3) is 0 Å². The van der Waals surface area contributed by atoms with E-state index in [-0.39, 0.29) is 17.9 Å². The summed E-state index contributed by atoms with van der Waals surface area (Å²) in [5, 5.41) is 5.79. The van der Waals surface area contributed by atoms with Crippen LogP contribution in [0.1, 0.15) is 37.8 Å². The highest BCUT2D eigenvalue weighted by Crippen LogP contribution is 2.47. The summed E-state index contributed by atoms with van der Waals surface area (Å²) >= 11 is 0. The Bertz CT molecular complexity index is 841. The van der Waals surface area contributed by atoms with Crippen molar-refractivity contribution in [2.75, 3.05) is 5.32 Å². The number of benzene rings is 2. The lowest BCUT2D eigenvalue weighted by Gasteiger charge is -2.18. The van der Waals surface area contributed by atoms with E-state index in [0.29, 0.717) is 30.8 Å². The predicted octanol–water partition coefficient (Wildman–Crippen LogP) is 3.82. The van der Waals surface area contributed by atoms with Crippen molar-refractivity contribution >= 4 is 17.5 Å². The van der Waals surface area contributed by atoms with Gasteiger partial charge in [0.15, 0.2) is 0 Å². The number of carbonyl (C=O) groups excluding carboxylic acids is 2. The van der Waals surface area contributed by atoms with E-state index in [9.17, 15) is 9.59 Å². The quantitative estimate of drug-likeness (QED) is 0.732. The second-order valence-corrected chi connectivity index (χ2v) is 7.37. The molecule has 142 valence electrons. The molecule has 27 heavy (non-hydrogen) atoms. The molecular weight excluding hydrogens is 340 g/mol. The van der Waals surface area contributed by atoms with E-state index in [4.69, 9.17) is 4.74 Å². The summed E-state index contributed by atoms with van der Waals surface area (Å²) in [6.07, 6.45) is 1.12. The van der Waals surface area contributed by atoms with Gasteiger partial charge in [-0.15, -0.1) is 0 Å². The van der Waals surface area contributed by atoms with Crippen LogP contribution in [0.5, 0.6) is 5.75 Å². The lowest BCUT2D eigenvalue weighted by Crippen LogP contribution is -2.39. The maximum absolute atomic E-state index is 12.8. The number of nitrogens with one attached hydrogen (secondary N) is 2. The second-order valence-electron chi connectivity index (χ2n) is 7.37. The van der Waals surface area contributed by atoms with E-state index in [1.165, 1.54) is 0 Å². The lowest BCUT2D eigenvalue weighted by molar-refractivity contribution is -0.134. The Morgan fingerprint density at radius 3 is 2.48 bits per heavy atom. The maximum atomic E-state index is 12.8. The minimum atomic E-state index is -0.977. The Kier molecular flexibility index (Phi) is 5.49. The van der Waals surface area contributed by atoms with Crippen LogP contribution in [-0.2, 0) is 16.1 Å². The van der Waals surface area contributed by atoms with Gasteiger partial charge in [-0.1, -0.05) is 42.0 Å². The summed E-state index contributed by atoms with van der Waals surface area (Å²) in [7, 11) is 0. The SMILES string of the molecule is Cc1cccc(CNC(=O)C2(C(=O)Nc3ccccc3OC(C)C)CC2)c1. The number of hydrogen-bond donors (Lipinski definition) is 2. The van der Waals surface area contributed by atoms with Crippen LogP contribution in [-0.4, -0.2) is 17.9 Å². The monoisotopic (exact) mass is 366 g/mol. The Morgan fingerprint density at radius 1 is 1.07 bits per heavy atom. The number of rotatable bonds is 7. The molecule has 0 unspecified atom stereocenters. The molecule has 0 radical (unpaired) electrons. The molecule has 2 aromatic carbocycles. The summed E-state index contributed by atoms with van der Waals surface area (Å²) < 4.78 is 5.74. The molecule has 1 aliphatic carbocycles. The van der Waals surface area contributed by atoms with Gasteiger partial charge in [-0.05, 0) is 51.3 Å². The molecule has 0 aromatic heterocycles. The van der Waals surface area contributed by atoms with Gasteiger partial charge in [0, 0.05) is 6.54 Å². The van der Waals surface area contributed by atoms with Crippen molar-refractivity contribution in [3.8, 4) is 5.75 Å². The molecule has 5 nitrogen and oxygen atoms in total. The molecule has 0 aliphatic heterocycles. The number of anilines is 1. The van der Waals surface area contributed by atoms with Gasteiger partial charge in [-0.25, -0.2) is 0 Å². The zero-order valence-corrected chi connectivity index (χ0v) is 16.0. The van der Waals surface area contributed by atoms with Crippen LogP contribution < -0.4 is 15.4 Å². The number of amides is 2. The summed E-state index contributed by atoms with van der Waals surface area (Å²) in [6, 6.07) is 15.3. The zero-order chi connectivity index (χ0) is 19.4. The predicted molar refractivity (Wildman–Crippen MR) is 106 cm³/mol. The van der Waals surface area contributed by atoms with Crippen molar-refractivity contribution < 1.29 is 14.3 Å². The first-order valence-electron chi connectivity index (χ1n) is 9.32. The molecule has 5 heteroatoms. The summed E-state index contributed by atoms with van der Waals surface area (Å²) in [4.78, 5) is 25.5. The molecule has 2 amide bonds. The van der Waals surface area contributed by atoms with Crippen molar-refractivity contribution in [1.29, 1.82) is 0 Å². The van der Waals surface area contributed by atoms with Crippen molar-refractivity contribution in [1.82, 2.24) is 5.32 Å². The molecule has 0 atom stereocenters. The fraction of sp³-hybridized carbons (Fsp3) is 0.364. The Hall–Kier alpha value is -2.82. The number of para-hydroxylation sites is 2. The molecule has 2 N–H and O–H groups in total. The third kappa shape index (κ3) is 4.48. The normalized spacial score (nSPS) is 14.5. The largest absolute Gasteiger partial charge is 0.489 e. The van der Waals surface area contributed by atoms with Crippen molar-refractivity contribution in [3.05, 3.63) is 59.7 Å². The van der Waals surface area contributed by atoms with Crippen molar-refractivity contribution in [3.63, 3.8) is 0 Å². The van der Waals surface area contributed by atoms with E-state index in [2.05, 4.69) is 10.6 Å². The minimum absolute atomic E-state index is 0.00411. The minimum Gasteiger partial charge on any atom is -0.489 e. The molecule has 1 fully saturated rings. The summed E-state index contributed by atoms with van der Waals surface area (Å²) in [5.74, 6) is 0.115.